The lowest BCUT2D eigenvalue weighted by molar-refractivity contribution is 0.000738. The molecule has 0 aromatic carbocycles. The molecular formula is C14H27NO. The second-order valence-corrected chi connectivity index (χ2v) is 5.83. The Morgan fingerprint density at radius 2 is 1.94 bits per heavy atom. The summed E-state index contributed by atoms with van der Waals surface area (Å²) in [6, 6.07) is 1.46. The number of hydrogen-bond acceptors (Lipinski definition) is 2. The van der Waals surface area contributed by atoms with Gasteiger partial charge in [-0.3, -0.25) is 0 Å². The smallest absolute Gasteiger partial charge is 0.0555 e. The van der Waals surface area contributed by atoms with Crippen molar-refractivity contribution in [2.24, 2.45) is 5.92 Å². The van der Waals surface area contributed by atoms with Crippen LogP contribution in [0, 0.1) is 5.92 Å². The van der Waals surface area contributed by atoms with E-state index in [0.717, 1.165) is 24.8 Å². The molecule has 2 fully saturated rings. The molecule has 0 heterocycles. The van der Waals surface area contributed by atoms with E-state index in [1.165, 1.54) is 38.5 Å². The van der Waals surface area contributed by atoms with E-state index in [1.807, 2.05) is 0 Å². The van der Waals surface area contributed by atoms with Crippen molar-refractivity contribution >= 4 is 0 Å². The van der Waals surface area contributed by atoms with Crippen molar-refractivity contribution in [3.63, 3.8) is 0 Å². The summed E-state index contributed by atoms with van der Waals surface area (Å²) in [5.74, 6) is 0.832. The Morgan fingerprint density at radius 3 is 2.50 bits per heavy atom. The number of rotatable bonds is 4. The van der Waals surface area contributed by atoms with Gasteiger partial charge in [-0.05, 0) is 51.5 Å². The average molecular weight is 225 g/mol. The average Bonchev–Trinajstić information content (AvgIpc) is 2.18. The topological polar surface area (TPSA) is 23.5 Å². The highest BCUT2D eigenvalue weighted by Crippen LogP contribution is 2.35. The SMILES string of the molecule is CCCC1CCC(O)CC1N(C)C1CCC1. The normalized spacial score (nSPS) is 36.4. The molecule has 2 nitrogen and oxygen atoms in total. The van der Waals surface area contributed by atoms with Gasteiger partial charge in [-0.15, -0.1) is 0 Å². The molecule has 2 saturated carbocycles. The third-order valence-electron chi connectivity index (χ3n) is 4.76. The van der Waals surface area contributed by atoms with Crippen molar-refractivity contribution in [3.8, 4) is 0 Å². The number of aliphatic hydroxyl groups is 1. The van der Waals surface area contributed by atoms with Crippen LogP contribution in [0.15, 0.2) is 0 Å². The van der Waals surface area contributed by atoms with Crippen molar-refractivity contribution < 1.29 is 5.11 Å². The van der Waals surface area contributed by atoms with Crippen LogP contribution in [0.25, 0.3) is 0 Å². The van der Waals surface area contributed by atoms with E-state index in [0.29, 0.717) is 6.04 Å². The fourth-order valence-corrected chi connectivity index (χ4v) is 3.46. The summed E-state index contributed by atoms with van der Waals surface area (Å²) in [6.45, 7) is 2.28. The van der Waals surface area contributed by atoms with Crippen LogP contribution in [0.1, 0.15) is 58.3 Å². The van der Waals surface area contributed by atoms with Crippen LogP contribution in [-0.2, 0) is 0 Å². The fraction of sp³-hybridized carbons (Fsp3) is 1.00. The van der Waals surface area contributed by atoms with Gasteiger partial charge >= 0.3 is 0 Å². The summed E-state index contributed by atoms with van der Waals surface area (Å²) in [6.07, 6.45) is 10.0. The zero-order chi connectivity index (χ0) is 11.5. The van der Waals surface area contributed by atoms with Crippen LogP contribution in [0.4, 0.5) is 0 Å². The van der Waals surface area contributed by atoms with Crippen LogP contribution in [0.3, 0.4) is 0 Å². The molecule has 2 heteroatoms. The van der Waals surface area contributed by atoms with Gasteiger partial charge in [-0.25, -0.2) is 0 Å². The fourth-order valence-electron chi connectivity index (χ4n) is 3.46. The molecule has 2 aliphatic rings. The quantitative estimate of drug-likeness (QED) is 0.795. The summed E-state index contributed by atoms with van der Waals surface area (Å²) in [5.41, 5.74) is 0. The van der Waals surface area contributed by atoms with Gasteiger partial charge < -0.3 is 10.0 Å². The molecular weight excluding hydrogens is 198 g/mol. The highest BCUT2D eigenvalue weighted by Gasteiger charge is 2.35. The van der Waals surface area contributed by atoms with Crippen LogP contribution in [0.2, 0.25) is 0 Å². The van der Waals surface area contributed by atoms with E-state index < -0.39 is 0 Å². The summed E-state index contributed by atoms with van der Waals surface area (Å²) in [4.78, 5) is 2.59. The molecule has 0 aliphatic heterocycles. The van der Waals surface area contributed by atoms with E-state index in [4.69, 9.17) is 0 Å². The first kappa shape index (κ1) is 12.4. The molecule has 3 unspecified atom stereocenters. The van der Waals surface area contributed by atoms with Gasteiger partial charge in [0.2, 0.25) is 0 Å². The largest absolute Gasteiger partial charge is 0.393 e. The molecule has 0 bridgehead atoms. The van der Waals surface area contributed by atoms with Gasteiger partial charge in [-0.1, -0.05) is 19.8 Å². The zero-order valence-electron chi connectivity index (χ0n) is 10.9. The minimum absolute atomic E-state index is 0.0411. The van der Waals surface area contributed by atoms with Crippen LogP contribution < -0.4 is 0 Å². The van der Waals surface area contributed by atoms with Gasteiger partial charge in [-0.2, -0.15) is 0 Å². The number of aliphatic hydroxyl groups excluding tert-OH is 1. The molecule has 0 amide bonds. The van der Waals surface area contributed by atoms with E-state index in [1.54, 1.807) is 0 Å². The Kier molecular flexibility index (Phi) is 4.26. The van der Waals surface area contributed by atoms with Crippen molar-refractivity contribution in [2.45, 2.75) is 76.5 Å². The minimum Gasteiger partial charge on any atom is -0.393 e. The molecule has 0 radical (unpaired) electrons. The van der Waals surface area contributed by atoms with Crippen LogP contribution >= 0.6 is 0 Å². The molecule has 94 valence electrons. The molecule has 2 rings (SSSR count). The highest BCUT2D eigenvalue weighted by molar-refractivity contribution is 4.90. The van der Waals surface area contributed by atoms with Gasteiger partial charge in [0, 0.05) is 12.1 Å². The van der Waals surface area contributed by atoms with Gasteiger partial charge in [0.15, 0.2) is 0 Å². The predicted octanol–water partition coefficient (Wildman–Crippen LogP) is 2.80. The van der Waals surface area contributed by atoms with E-state index in [9.17, 15) is 5.11 Å². The second-order valence-electron chi connectivity index (χ2n) is 5.83. The maximum atomic E-state index is 9.86. The lowest BCUT2D eigenvalue weighted by Gasteiger charge is -2.46. The Bertz CT molecular complexity index is 213. The van der Waals surface area contributed by atoms with Crippen molar-refractivity contribution in [3.05, 3.63) is 0 Å². The highest BCUT2D eigenvalue weighted by atomic mass is 16.3. The van der Waals surface area contributed by atoms with Crippen LogP contribution in [0.5, 0.6) is 0 Å². The molecule has 0 spiro atoms. The van der Waals surface area contributed by atoms with Gasteiger partial charge in [0.05, 0.1) is 6.10 Å². The Morgan fingerprint density at radius 1 is 1.19 bits per heavy atom. The summed E-state index contributed by atoms with van der Waals surface area (Å²) >= 11 is 0. The molecule has 1 N–H and O–H groups in total. The Balaban J connectivity index is 1.95. The predicted molar refractivity (Wildman–Crippen MR) is 67.4 cm³/mol. The van der Waals surface area contributed by atoms with Crippen molar-refractivity contribution in [1.82, 2.24) is 4.90 Å². The first-order valence-corrected chi connectivity index (χ1v) is 7.12. The zero-order valence-corrected chi connectivity index (χ0v) is 10.9. The second kappa shape index (κ2) is 5.50. The Hall–Kier alpha value is -0.0800. The van der Waals surface area contributed by atoms with E-state index >= 15 is 0 Å². The lowest BCUT2D eigenvalue weighted by atomic mass is 9.78. The molecule has 0 saturated heterocycles. The minimum atomic E-state index is -0.0411. The number of hydrogen-bond donors (Lipinski definition) is 1. The molecule has 0 aromatic rings. The van der Waals surface area contributed by atoms with Crippen LogP contribution in [-0.4, -0.2) is 35.2 Å². The third kappa shape index (κ3) is 2.60. The third-order valence-corrected chi connectivity index (χ3v) is 4.76. The molecule has 16 heavy (non-hydrogen) atoms. The van der Waals surface area contributed by atoms with E-state index in [2.05, 4.69) is 18.9 Å². The monoisotopic (exact) mass is 225 g/mol. The lowest BCUT2D eigenvalue weighted by Crippen LogP contribution is -2.50. The summed E-state index contributed by atoms with van der Waals surface area (Å²) < 4.78 is 0. The maximum Gasteiger partial charge on any atom is 0.0555 e. The molecule has 2 aliphatic carbocycles. The van der Waals surface area contributed by atoms with Gasteiger partial charge in [0.25, 0.3) is 0 Å². The van der Waals surface area contributed by atoms with E-state index in [-0.39, 0.29) is 6.10 Å². The molecule has 3 atom stereocenters. The summed E-state index contributed by atoms with van der Waals surface area (Å²) in [5, 5.41) is 9.86. The Labute approximate surface area is 100 Å². The van der Waals surface area contributed by atoms with Crippen molar-refractivity contribution in [1.29, 1.82) is 0 Å². The first-order chi connectivity index (χ1) is 7.72. The maximum absolute atomic E-state index is 9.86. The summed E-state index contributed by atoms with van der Waals surface area (Å²) in [7, 11) is 2.29. The number of nitrogens with zero attached hydrogens (tertiary/aromatic N) is 1. The first-order valence-electron chi connectivity index (χ1n) is 7.12. The van der Waals surface area contributed by atoms with Crippen molar-refractivity contribution in [2.75, 3.05) is 7.05 Å². The molecule has 0 aromatic heterocycles. The van der Waals surface area contributed by atoms with Gasteiger partial charge in [0.1, 0.15) is 0 Å². The standard InChI is InChI=1S/C14H27NO/c1-3-5-11-8-9-13(16)10-14(11)15(2)12-6-4-7-12/h11-14,16H,3-10H2,1-2H3.